The van der Waals surface area contributed by atoms with Crippen LogP contribution in [0.2, 0.25) is 0 Å². The third-order valence-electron chi connectivity index (χ3n) is 2.90. The van der Waals surface area contributed by atoms with E-state index in [1.165, 1.54) is 0 Å². The fourth-order valence-corrected chi connectivity index (χ4v) is 1.17. The maximum absolute atomic E-state index is 10.8. The van der Waals surface area contributed by atoms with Crippen LogP contribution < -0.4 is 0 Å². The lowest BCUT2D eigenvalue weighted by molar-refractivity contribution is 0.256. The van der Waals surface area contributed by atoms with Crippen LogP contribution in [-0.2, 0) is 14.3 Å². The first-order chi connectivity index (χ1) is 11.1. The third kappa shape index (κ3) is 7.34. The van der Waals surface area contributed by atoms with E-state index < -0.39 is 46.8 Å². The van der Waals surface area contributed by atoms with Crippen LogP contribution in [0.3, 0.4) is 0 Å². The molecule has 0 bridgehead atoms. The molecule has 0 aromatic heterocycles. The maximum atomic E-state index is 10.8. The molecule has 0 aromatic rings. The van der Waals surface area contributed by atoms with E-state index in [0.717, 1.165) is 0 Å². The number of hydrogen-bond acceptors (Lipinski definition) is 4. The second kappa shape index (κ2) is 5.88. The molecule has 2 rings (SSSR count). The van der Waals surface area contributed by atoms with Crippen LogP contribution in [0.5, 0.6) is 0 Å². The van der Waals surface area contributed by atoms with E-state index in [4.69, 9.17) is 16.1 Å². The molecule has 1 N–H and O–H groups in total. The average molecular weight is 286 g/mol. The molecule has 2 aliphatic carbocycles. The van der Waals surface area contributed by atoms with Crippen molar-refractivity contribution in [3.63, 3.8) is 0 Å². The molecular formula is C13H26O4S. The summed E-state index contributed by atoms with van der Waals surface area (Å²) in [5, 5.41) is 8.88. The normalized spacial score (nSPS) is 32.7. The van der Waals surface area contributed by atoms with Crippen molar-refractivity contribution in [3.05, 3.63) is 0 Å². The van der Waals surface area contributed by atoms with E-state index in [-0.39, 0.29) is 0 Å². The standard InChI is InChI=1S/C7H14O3S.C6H12O/c1-7(3-4-7)5-6-10-11(2,8)9;1-6(2-3-6)4-5-7/h3-6H2,1-2H3;7H,2-5H2,1H3/i5D2,6D2;4D2,5D2. The van der Waals surface area contributed by atoms with Gasteiger partial charge in [-0.15, -0.1) is 0 Å². The first-order valence-electron chi connectivity index (χ1n) is 9.75. The molecule has 2 saturated carbocycles. The third-order valence-corrected chi connectivity index (χ3v) is 3.29. The van der Waals surface area contributed by atoms with Crippen LogP contribution in [0, 0.1) is 10.8 Å². The summed E-state index contributed by atoms with van der Waals surface area (Å²) < 4.78 is 84.2. The zero-order valence-corrected chi connectivity index (χ0v) is 11.7. The minimum absolute atomic E-state index is 0.534. The van der Waals surface area contributed by atoms with Gasteiger partial charge in [0.15, 0.2) is 0 Å². The highest BCUT2D eigenvalue weighted by Gasteiger charge is 2.36. The smallest absolute Gasteiger partial charge is 0.264 e. The second-order valence-corrected chi connectivity index (χ2v) is 6.95. The summed E-state index contributed by atoms with van der Waals surface area (Å²) in [7, 11) is -4.01. The van der Waals surface area contributed by atoms with Crippen molar-refractivity contribution in [1.29, 1.82) is 0 Å². The molecule has 0 atom stereocenters. The van der Waals surface area contributed by atoms with Crippen molar-refractivity contribution in [2.24, 2.45) is 10.8 Å². The molecular weight excluding hydrogens is 252 g/mol. The van der Waals surface area contributed by atoms with E-state index in [0.29, 0.717) is 31.9 Å². The van der Waals surface area contributed by atoms with Gasteiger partial charge in [-0.25, -0.2) is 0 Å². The molecule has 2 aliphatic rings. The van der Waals surface area contributed by atoms with E-state index >= 15 is 0 Å². The predicted octanol–water partition coefficient (Wildman–Crippen LogP) is 2.32. The van der Waals surface area contributed by atoms with E-state index in [1.807, 2.05) is 0 Å². The Morgan fingerprint density at radius 2 is 1.61 bits per heavy atom. The van der Waals surface area contributed by atoms with E-state index in [9.17, 15) is 8.42 Å². The highest BCUT2D eigenvalue weighted by Crippen LogP contribution is 2.48. The Morgan fingerprint density at radius 3 is 1.89 bits per heavy atom. The van der Waals surface area contributed by atoms with Gasteiger partial charge < -0.3 is 5.11 Å². The van der Waals surface area contributed by atoms with Crippen LogP contribution in [0.4, 0.5) is 0 Å². The lowest BCUT2D eigenvalue weighted by atomic mass is 10.1. The summed E-state index contributed by atoms with van der Waals surface area (Å²) in [5.74, 6) is 0. The zero-order valence-electron chi connectivity index (χ0n) is 18.9. The fraction of sp³-hybridized carbons (Fsp3) is 1.00. The van der Waals surface area contributed by atoms with Gasteiger partial charge in [0.25, 0.3) is 10.1 Å². The van der Waals surface area contributed by atoms with Gasteiger partial charge in [0, 0.05) is 12.0 Å². The summed E-state index contributed by atoms with van der Waals surface area (Å²) >= 11 is 0. The number of aliphatic hydroxyl groups is 1. The van der Waals surface area contributed by atoms with Crippen molar-refractivity contribution in [2.45, 2.75) is 52.3 Å². The SMILES string of the molecule is [2H]C([2H])(O)C([2H])([2H])C1(C)CC1.[2H]C([2H])(OS(C)(=O)=O)C([2H])([2H])C1(C)CC1. The molecule has 4 nitrogen and oxygen atoms in total. The molecule has 0 radical (unpaired) electrons. The zero-order chi connectivity index (χ0) is 21.0. The molecule has 0 heterocycles. The lowest BCUT2D eigenvalue weighted by Gasteiger charge is -2.06. The van der Waals surface area contributed by atoms with Gasteiger partial charge in [-0.3, -0.25) is 4.18 Å². The van der Waals surface area contributed by atoms with Crippen molar-refractivity contribution < 1.29 is 28.7 Å². The van der Waals surface area contributed by atoms with Crippen LogP contribution in [0.25, 0.3) is 0 Å². The molecule has 108 valence electrons. The maximum Gasteiger partial charge on any atom is 0.264 e. The first-order valence-corrected chi connectivity index (χ1v) is 7.57. The Bertz CT molecular complexity index is 626. The van der Waals surface area contributed by atoms with Gasteiger partial charge in [0.2, 0.25) is 0 Å². The van der Waals surface area contributed by atoms with Crippen molar-refractivity contribution in [3.8, 4) is 0 Å². The molecule has 0 aliphatic heterocycles. The largest absolute Gasteiger partial charge is 0.396 e. The molecule has 0 spiro atoms. The van der Waals surface area contributed by atoms with Crippen LogP contribution in [0.15, 0.2) is 0 Å². The molecule has 2 fully saturated rings. The Kier molecular flexibility index (Phi) is 2.48. The van der Waals surface area contributed by atoms with E-state index in [1.54, 1.807) is 13.8 Å². The van der Waals surface area contributed by atoms with Gasteiger partial charge >= 0.3 is 0 Å². The van der Waals surface area contributed by atoms with Crippen LogP contribution in [-0.4, -0.2) is 32.9 Å². The molecule has 18 heavy (non-hydrogen) atoms. The Morgan fingerprint density at radius 1 is 1.17 bits per heavy atom. The van der Waals surface area contributed by atoms with E-state index in [2.05, 4.69) is 4.18 Å². The average Bonchev–Trinajstić information content (AvgIpc) is 3.26. The highest BCUT2D eigenvalue weighted by molar-refractivity contribution is 7.85. The Hall–Kier alpha value is -0.130. The first kappa shape index (κ1) is 7.60. The van der Waals surface area contributed by atoms with Gasteiger partial charge in [0.05, 0.1) is 18.3 Å². The topological polar surface area (TPSA) is 63.6 Å². The molecule has 0 unspecified atom stereocenters. The number of rotatable bonds is 6. The minimum Gasteiger partial charge on any atom is -0.396 e. The monoisotopic (exact) mass is 286 g/mol. The highest BCUT2D eigenvalue weighted by atomic mass is 32.2. The van der Waals surface area contributed by atoms with Gasteiger partial charge in [0.1, 0.15) is 0 Å². The van der Waals surface area contributed by atoms with Gasteiger partial charge in [-0.05, 0) is 49.3 Å². The quantitative estimate of drug-likeness (QED) is 0.761. The second-order valence-electron chi connectivity index (χ2n) is 5.37. The Labute approximate surface area is 122 Å². The van der Waals surface area contributed by atoms with Crippen molar-refractivity contribution >= 4 is 10.1 Å². The molecule has 0 aromatic carbocycles. The summed E-state index contributed by atoms with van der Waals surface area (Å²) in [4.78, 5) is 0. The minimum atomic E-state index is -4.01. The summed E-state index contributed by atoms with van der Waals surface area (Å²) in [6, 6.07) is 0. The summed E-state index contributed by atoms with van der Waals surface area (Å²) in [6.45, 7) is -2.32. The number of hydrogen-bond donors (Lipinski definition) is 1. The summed E-state index contributed by atoms with van der Waals surface area (Å²) in [5.41, 5.74) is -1.49. The lowest BCUT2D eigenvalue weighted by Crippen LogP contribution is -2.07. The van der Waals surface area contributed by atoms with Crippen molar-refractivity contribution in [2.75, 3.05) is 19.4 Å². The predicted molar refractivity (Wildman–Crippen MR) is 71.8 cm³/mol. The molecule has 5 heteroatoms. The van der Waals surface area contributed by atoms with Crippen LogP contribution >= 0.6 is 0 Å². The van der Waals surface area contributed by atoms with Gasteiger partial charge in [-0.2, -0.15) is 8.42 Å². The Balaban J connectivity index is 0.000000273. The molecule has 0 amide bonds. The molecule has 0 saturated heterocycles. The summed E-state index contributed by atoms with van der Waals surface area (Å²) in [6.07, 6.45) is -1.36. The van der Waals surface area contributed by atoms with Crippen molar-refractivity contribution in [1.82, 2.24) is 0 Å². The fourth-order valence-electron chi connectivity index (χ4n) is 0.980. The van der Waals surface area contributed by atoms with Crippen LogP contribution in [0.1, 0.15) is 63.2 Å². The van der Waals surface area contributed by atoms with Gasteiger partial charge in [-0.1, -0.05) is 13.8 Å².